The summed E-state index contributed by atoms with van der Waals surface area (Å²) >= 11 is 0. The molecule has 0 amide bonds. The first-order valence-electron chi connectivity index (χ1n) is 3.90. The highest BCUT2D eigenvalue weighted by atomic mass is 19.1. The number of Topliss-reactive ketones (excluding diaryl/α,β-unsaturated/α-hetero) is 1. The molecule has 0 radical (unpaired) electrons. The normalized spacial score (nSPS) is 10.6. The first kappa shape index (κ1) is 10.7. The quantitative estimate of drug-likeness (QED) is 0.536. The molecule has 0 spiro atoms. The van der Waals surface area contributed by atoms with Crippen LogP contribution in [0.5, 0.6) is 0 Å². The van der Waals surface area contributed by atoms with Crippen molar-refractivity contribution in [1.82, 2.24) is 4.98 Å². The third-order valence-electron chi connectivity index (χ3n) is 1.68. The molecule has 76 valence electrons. The Morgan fingerprint density at radius 2 is 2.14 bits per heavy atom. The molecule has 1 heterocycles. The maximum absolute atomic E-state index is 13.1. The summed E-state index contributed by atoms with van der Waals surface area (Å²) in [6.45, 7) is 0. The van der Waals surface area contributed by atoms with E-state index in [0.717, 1.165) is 6.20 Å². The Morgan fingerprint density at radius 1 is 1.50 bits per heavy atom. The van der Waals surface area contributed by atoms with Gasteiger partial charge in [0.05, 0.1) is 11.8 Å². The van der Waals surface area contributed by atoms with Crippen LogP contribution < -0.4 is 0 Å². The van der Waals surface area contributed by atoms with Gasteiger partial charge in [-0.25, -0.2) is 4.39 Å². The Balaban J connectivity index is 2.94. The van der Waals surface area contributed by atoms with Crippen molar-refractivity contribution < 1.29 is 18.7 Å². The minimum atomic E-state index is -1.08. The molecule has 0 aliphatic carbocycles. The van der Waals surface area contributed by atoms with Gasteiger partial charge in [0.2, 0.25) is 12.1 Å². The zero-order chi connectivity index (χ0) is 10.6. The van der Waals surface area contributed by atoms with Gasteiger partial charge >= 0.3 is 0 Å². The minimum Gasteiger partial charge on any atom is -0.349 e. The van der Waals surface area contributed by atoms with Crippen LogP contribution in [-0.2, 0) is 9.47 Å². The van der Waals surface area contributed by atoms with Gasteiger partial charge in [-0.1, -0.05) is 0 Å². The van der Waals surface area contributed by atoms with E-state index in [1.54, 1.807) is 0 Å². The summed E-state index contributed by atoms with van der Waals surface area (Å²) in [4.78, 5) is 15.0. The summed E-state index contributed by atoms with van der Waals surface area (Å²) in [6, 6.07) is 1.28. The lowest BCUT2D eigenvalue weighted by Crippen LogP contribution is -2.25. The van der Waals surface area contributed by atoms with Crippen LogP contribution in [-0.4, -0.2) is 31.3 Å². The molecule has 0 N–H and O–H groups in total. The number of pyridine rings is 1. The fourth-order valence-corrected chi connectivity index (χ4v) is 1.01. The van der Waals surface area contributed by atoms with Gasteiger partial charge in [-0.3, -0.25) is 9.78 Å². The topological polar surface area (TPSA) is 48.4 Å². The molecule has 0 saturated carbocycles. The van der Waals surface area contributed by atoms with Crippen molar-refractivity contribution in [3.63, 3.8) is 0 Å². The van der Waals surface area contributed by atoms with Crippen molar-refractivity contribution in [2.24, 2.45) is 0 Å². The van der Waals surface area contributed by atoms with Crippen LogP contribution in [0, 0.1) is 5.82 Å². The number of carbonyl (C=O) groups is 1. The highest BCUT2D eigenvalue weighted by Crippen LogP contribution is 2.09. The second kappa shape index (κ2) is 4.78. The molecule has 0 saturated heterocycles. The van der Waals surface area contributed by atoms with Crippen LogP contribution in [0.25, 0.3) is 0 Å². The van der Waals surface area contributed by atoms with Crippen LogP contribution in [0.1, 0.15) is 10.4 Å². The van der Waals surface area contributed by atoms with Crippen molar-refractivity contribution >= 4 is 5.78 Å². The Kier molecular flexibility index (Phi) is 3.67. The molecule has 0 fully saturated rings. The molecule has 0 aliphatic heterocycles. The van der Waals surface area contributed by atoms with E-state index in [4.69, 9.17) is 9.47 Å². The van der Waals surface area contributed by atoms with Gasteiger partial charge in [0.25, 0.3) is 0 Å². The first-order chi connectivity index (χ1) is 6.70. The van der Waals surface area contributed by atoms with Gasteiger partial charge in [-0.2, -0.15) is 0 Å². The number of carbonyl (C=O) groups excluding carboxylic acids is 1. The van der Waals surface area contributed by atoms with Gasteiger partial charge in [-0.05, 0) is 6.07 Å². The third-order valence-corrected chi connectivity index (χ3v) is 1.68. The van der Waals surface area contributed by atoms with Crippen LogP contribution >= 0.6 is 0 Å². The molecular formula is C9H10FNO3. The van der Waals surface area contributed by atoms with Crippen LogP contribution in [0.2, 0.25) is 0 Å². The predicted molar refractivity (Wildman–Crippen MR) is 46.3 cm³/mol. The Labute approximate surface area is 80.7 Å². The number of hydrogen-bond acceptors (Lipinski definition) is 4. The molecular weight excluding hydrogens is 189 g/mol. The second-order valence-electron chi connectivity index (χ2n) is 2.52. The summed E-state index contributed by atoms with van der Waals surface area (Å²) in [5, 5.41) is 0. The van der Waals surface area contributed by atoms with E-state index in [1.165, 1.54) is 26.5 Å². The SMILES string of the molecule is COC(OC)C(=O)c1ccncc1F. The molecule has 0 aromatic carbocycles. The molecule has 1 aromatic rings. The van der Waals surface area contributed by atoms with E-state index < -0.39 is 17.9 Å². The van der Waals surface area contributed by atoms with Gasteiger partial charge in [0.15, 0.2) is 5.82 Å². The van der Waals surface area contributed by atoms with Crippen molar-refractivity contribution in [2.75, 3.05) is 14.2 Å². The number of ether oxygens (including phenoxy) is 2. The molecule has 0 atom stereocenters. The molecule has 1 aromatic heterocycles. The zero-order valence-corrected chi connectivity index (χ0v) is 7.86. The van der Waals surface area contributed by atoms with Crippen molar-refractivity contribution in [2.45, 2.75) is 6.29 Å². The first-order valence-corrected chi connectivity index (χ1v) is 3.90. The average Bonchev–Trinajstić information content (AvgIpc) is 2.20. The largest absolute Gasteiger partial charge is 0.349 e. The molecule has 4 nitrogen and oxygen atoms in total. The fourth-order valence-electron chi connectivity index (χ4n) is 1.01. The number of aromatic nitrogens is 1. The zero-order valence-electron chi connectivity index (χ0n) is 7.86. The average molecular weight is 199 g/mol. The van der Waals surface area contributed by atoms with Gasteiger partial charge in [-0.15, -0.1) is 0 Å². The predicted octanol–water partition coefficient (Wildman–Crippen LogP) is 1.02. The third kappa shape index (κ3) is 2.12. The second-order valence-corrected chi connectivity index (χ2v) is 2.52. The molecule has 0 aliphatic rings. The minimum absolute atomic E-state index is 0.0892. The molecule has 14 heavy (non-hydrogen) atoms. The van der Waals surface area contributed by atoms with Gasteiger partial charge in [0, 0.05) is 20.4 Å². The maximum Gasteiger partial charge on any atom is 0.222 e. The van der Waals surface area contributed by atoms with Crippen LogP contribution in [0.15, 0.2) is 18.5 Å². The standard InChI is InChI=1S/C9H10FNO3/c1-13-9(14-2)8(12)6-3-4-11-5-7(6)10/h3-5,9H,1-2H3. The van der Waals surface area contributed by atoms with Gasteiger partial charge in [0.1, 0.15) is 0 Å². The van der Waals surface area contributed by atoms with E-state index in [2.05, 4.69) is 4.98 Å². The summed E-state index contributed by atoms with van der Waals surface area (Å²) in [5.74, 6) is -1.24. The number of hydrogen-bond donors (Lipinski definition) is 0. The summed E-state index contributed by atoms with van der Waals surface area (Å²) in [6.07, 6.45) is 1.22. The smallest absolute Gasteiger partial charge is 0.222 e. The number of nitrogens with zero attached hydrogens (tertiary/aromatic N) is 1. The van der Waals surface area contributed by atoms with E-state index in [0.29, 0.717) is 0 Å². The highest BCUT2D eigenvalue weighted by molar-refractivity contribution is 5.98. The maximum atomic E-state index is 13.1. The lowest BCUT2D eigenvalue weighted by atomic mass is 10.1. The monoisotopic (exact) mass is 199 g/mol. The molecule has 1 rings (SSSR count). The lowest BCUT2D eigenvalue weighted by Gasteiger charge is -2.11. The van der Waals surface area contributed by atoms with Crippen molar-refractivity contribution in [1.29, 1.82) is 0 Å². The highest BCUT2D eigenvalue weighted by Gasteiger charge is 2.21. The molecule has 0 bridgehead atoms. The van der Waals surface area contributed by atoms with Crippen LogP contribution in [0.3, 0.4) is 0 Å². The number of halogens is 1. The summed E-state index contributed by atoms with van der Waals surface area (Å²) in [5.41, 5.74) is -0.0892. The fraction of sp³-hybridized carbons (Fsp3) is 0.333. The van der Waals surface area contributed by atoms with Gasteiger partial charge < -0.3 is 9.47 Å². The summed E-state index contributed by atoms with van der Waals surface area (Å²) in [7, 11) is 2.62. The number of methoxy groups -OCH3 is 2. The van der Waals surface area contributed by atoms with E-state index in [9.17, 15) is 9.18 Å². The van der Waals surface area contributed by atoms with E-state index in [1.807, 2.05) is 0 Å². The molecule has 5 heteroatoms. The summed E-state index contributed by atoms with van der Waals surface area (Å²) < 4.78 is 22.5. The number of ketones is 1. The lowest BCUT2D eigenvalue weighted by molar-refractivity contribution is -0.0743. The van der Waals surface area contributed by atoms with E-state index in [-0.39, 0.29) is 5.56 Å². The molecule has 0 unspecified atom stereocenters. The van der Waals surface area contributed by atoms with Crippen molar-refractivity contribution in [3.05, 3.63) is 29.8 Å². The van der Waals surface area contributed by atoms with Crippen molar-refractivity contribution in [3.8, 4) is 0 Å². The number of rotatable bonds is 4. The Hall–Kier alpha value is -1.33. The van der Waals surface area contributed by atoms with E-state index >= 15 is 0 Å². The Bertz CT molecular complexity index is 326. The Morgan fingerprint density at radius 3 is 2.64 bits per heavy atom. The van der Waals surface area contributed by atoms with Crippen LogP contribution in [0.4, 0.5) is 4.39 Å².